The molecular weight excluding hydrogens is 264 g/mol. The molecule has 0 aromatic carbocycles. The van der Waals surface area contributed by atoms with E-state index in [9.17, 15) is 10.2 Å². The van der Waals surface area contributed by atoms with Crippen LogP contribution in [-0.2, 0) is 18.9 Å². The number of ether oxygens (including phenoxy) is 4. The Hall–Kier alpha value is -0.240. The minimum absolute atomic E-state index is 0.303. The first-order valence-electron chi connectivity index (χ1n) is 7.05. The van der Waals surface area contributed by atoms with Crippen LogP contribution in [0.25, 0.3) is 0 Å². The van der Waals surface area contributed by atoms with Gasteiger partial charge < -0.3 is 29.2 Å². The molecule has 5 atom stereocenters. The molecule has 6 heteroatoms. The second kappa shape index (κ2) is 4.90. The summed E-state index contributed by atoms with van der Waals surface area (Å²) in [5.74, 6) is -1.62. The predicted octanol–water partition coefficient (Wildman–Crippen LogP) is 0.790. The second-order valence-electron chi connectivity index (χ2n) is 6.63. The zero-order chi connectivity index (χ0) is 15.3. The summed E-state index contributed by atoms with van der Waals surface area (Å²) in [6.07, 6.45) is -2.40. The van der Waals surface area contributed by atoms with Crippen LogP contribution in [0.2, 0.25) is 0 Å². The highest BCUT2D eigenvalue weighted by Crippen LogP contribution is 2.42. The molecular formula is C14H26O6. The van der Waals surface area contributed by atoms with Gasteiger partial charge in [-0.15, -0.1) is 0 Å². The van der Waals surface area contributed by atoms with E-state index in [1.54, 1.807) is 34.6 Å². The lowest BCUT2D eigenvalue weighted by atomic mass is 9.87. The number of hydrogen-bond donors (Lipinski definition) is 2. The summed E-state index contributed by atoms with van der Waals surface area (Å²) in [5.41, 5.74) is -1.22. The van der Waals surface area contributed by atoms with Crippen molar-refractivity contribution >= 4 is 0 Å². The molecule has 2 aliphatic heterocycles. The van der Waals surface area contributed by atoms with Gasteiger partial charge in [-0.3, -0.25) is 0 Å². The molecule has 2 aliphatic rings. The Morgan fingerprint density at radius 3 is 1.95 bits per heavy atom. The summed E-state index contributed by atoms with van der Waals surface area (Å²) in [4.78, 5) is 0. The zero-order valence-corrected chi connectivity index (χ0v) is 13.0. The van der Waals surface area contributed by atoms with Crippen molar-refractivity contribution in [1.82, 2.24) is 0 Å². The van der Waals surface area contributed by atoms with Crippen molar-refractivity contribution in [2.24, 2.45) is 0 Å². The molecule has 0 bridgehead atoms. The van der Waals surface area contributed by atoms with Gasteiger partial charge in [0.2, 0.25) is 0 Å². The summed E-state index contributed by atoms with van der Waals surface area (Å²) in [5, 5.41) is 20.5. The molecule has 0 unspecified atom stereocenters. The maximum absolute atomic E-state index is 10.7. The van der Waals surface area contributed by atoms with Crippen LogP contribution in [0.4, 0.5) is 0 Å². The quantitative estimate of drug-likeness (QED) is 0.800. The summed E-state index contributed by atoms with van der Waals surface area (Å²) < 4.78 is 22.9. The Bertz CT molecular complexity index is 369. The van der Waals surface area contributed by atoms with Gasteiger partial charge in [-0.25, -0.2) is 0 Å². The average Bonchev–Trinajstić information content (AvgIpc) is 2.70. The lowest BCUT2D eigenvalue weighted by Gasteiger charge is -2.37. The Labute approximate surface area is 120 Å². The summed E-state index contributed by atoms with van der Waals surface area (Å²) >= 11 is 0. The van der Waals surface area contributed by atoms with Crippen LogP contribution >= 0.6 is 0 Å². The maximum Gasteiger partial charge on any atom is 0.164 e. The van der Waals surface area contributed by atoms with E-state index in [0.717, 1.165) is 0 Å². The van der Waals surface area contributed by atoms with E-state index in [2.05, 4.69) is 0 Å². The molecule has 6 nitrogen and oxygen atoms in total. The van der Waals surface area contributed by atoms with E-state index in [1.165, 1.54) is 0 Å². The Kier molecular flexibility index (Phi) is 3.95. The smallest absolute Gasteiger partial charge is 0.164 e. The fourth-order valence-electron chi connectivity index (χ4n) is 3.21. The molecule has 2 heterocycles. The molecule has 0 radical (unpaired) electrons. The fraction of sp³-hybridized carbons (Fsp3) is 1.00. The molecule has 0 aliphatic carbocycles. The standard InChI is InChI=1S/C14H26O6/c1-8-10(19-12(3,4)17-8)11(16)14(7-15)9(2)18-13(5,6)20-14/h8-11,15-16H,7H2,1-6H3/t8-,9-,10+,11+,14+/m0/s1. The molecule has 0 amide bonds. The van der Waals surface area contributed by atoms with Crippen LogP contribution in [0.15, 0.2) is 0 Å². The predicted molar refractivity (Wildman–Crippen MR) is 71.0 cm³/mol. The topological polar surface area (TPSA) is 77.4 Å². The first kappa shape index (κ1) is 16.1. The molecule has 20 heavy (non-hydrogen) atoms. The maximum atomic E-state index is 10.7. The van der Waals surface area contributed by atoms with Gasteiger partial charge in [0.15, 0.2) is 11.6 Å². The van der Waals surface area contributed by atoms with Crippen molar-refractivity contribution in [2.75, 3.05) is 6.61 Å². The largest absolute Gasteiger partial charge is 0.393 e. The van der Waals surface area contributed by atoms with Crippen molar-refractivity contribution in [3.05, 3.63) is 0 Å². The number of rotatable bonds is 3. The highest BCUT2D eigenvalue weighted by atomic mass is 16.8. The third-order valence-electron chi connectivity index (χ3n) is 4.00. The third kappa shape index (κ3) is 2.61. The van der Waals surface area contributed by atoms with Crippen LogP contribution in [0.3, 0.4) is 0 Å². The fourth-order valence-corrected chi connectivity index (χ4v) is 3.21. The van der Waals surface area contributed by atoms with Crippen molar-refractivity contribution < 1.29 is 29.2 Å². The minimum Gasteiger partial charge on any atom is -0.393 e. The van der Waals surface area contributed by atoms with Crippen LogP contribution < -0.4 is 0 Å². The Morgan fingerprint density at radius 1 is 1.00 bits per heavy atom. The monoisotopic (exact) mass is 290 g/mol. The summed E-state index contributed by atoms with van der Waals surface area (Å²) in [7, 11) is 0. The van der Waals surface area contributed by atoms with Crippen LogP contribution in [0.5, 0.6) is 0 Å². The third-order valence-corrected chi connectivity index (χ3v) is 4.00. The van der Waals surface area contributed by atoms with Gasteiger partial charge in [0, 0.05) is 0 Å². The van der Waals surface area contributed by atoms with E-state index in [4.69, 9.17) is 18.9 Å². The van der Waals surface area contributed by atoms with Gasteiger partial charge in [-0.1, -0.05) is 0 Å². The molecule has 0 spiro atoms. The summed E-state index contributed by atoms with van der Waals surface area (Å²) in [6, 6.07) is 0. The zero-order valence-electron chi connectivity index (χ0n) is 13.0. The van der Waals surface area contributed by atoms with Crippen molar-refractivity contribution in [1.29, 1.82) is 0 Å². The minimum atomic E-state index is -1.22. The van der Waals surface area contributed by atoms with Gasteiger partial charge >= 0.3 is 0 Å². The number of aliphatic hydroxyl groups excluding tert-OH is 2. The molecule has 0 saturated carbocycles. The van der Waals surface area contributed by atoms with Gasteiger partial charge in [-0.2, -0.15) is 0 Å². The van der Waals surface area contributed by atoms with Gasteiger partial charge in [-0.05, 0) is 41.5 Å². The van der Waals surface area contributed by atoms with Gasteiger partial charge in [0.1, 0.15) is 17.8 Å². The molecule has 118 valence electrons. The van der Waals surface area contributed by atoms with E-state index in [0.29, 0.717) is 0 Å². The highest BCUT2D eigenvalue weighted by molar-refractivity contribution is 5.04. The highest BCUT2D eigenvalue weighted by Gasteiger charge is 2.60. The molecule has 0 aromatic rings. The first-order chi connectivity index (χ1) is 9.03. The number of aliphatic hydroxyl groups is 2. The van der Waals surface area contributed by atoms with E-state index >= 15 is 0 Å². The number of hydrogen-bond acceptors (Lipinski definition) is 6. The van der Waals surface area contributed by atoms with Crippen LogP contribution in [-0.4, -0.2) is 58.4 Å². The second-order valence-corrected chi connectivity index (χ2v) is 6.63. The van der Waals surface area contributed by atoms with E-state index < -0.39 is 35.5 Å². The molecule has 2 saturated heterocycles. The van der Waals surface area contributed by atoms with Crippen LogP contribution in [0, 0.1) is 0 Å². The van der Waals surface area contributed by atoms with E-state index in [-0.39, 0.29) is 12.7 Å². The average molecular weight is 290 g/mol. The normalized spacial score (nSPS) is 44.7. The first-order valence-corrected chi connectivity index (χ1v) is 7.05. The molecule has 2 N–H and O–H groups in total. The van der Waals surface area contributed by atoms with Gasteiger partial charge in [0.05, 0.1) is 18.8 Å². The Morgan fingerprint density at radius 2 is 1.60 bits per heavy atom. The molecule has 2 rings (SSSR count). The molecule has 2 fully saturated rings. The SMILES string of the molecule is C[C@@H]1OC(C)(C)O[C@H]1[C@@H](O)[C@]1(CO)OC(C)(C)O[C@H]1C. The van der Waals surface area contributed by atoms with Crippen LogP contribution in [0.1, 0.15) is 41.5 Å². The summed E-state index contributed by atoms with van der Waals surface area (Å²) in [6.45, 7) is 10.4. The van der Waals surface area contributed by atoms with Crippen molar-refractivity contribution in [2.45, 2.75) is 83.1 Å². The van der Waals surface area contributed by atoms with E-state index in [1.807, 2.05) is 6.92 Å². The van der Waals surface area contributed by atoms with Crippen molar-refractivity contribution in [3.63, 3.8) is 0 Å². The van der Waals surface area contributed by atoms with Crippen molar-refractivity contribution in [3.8, 4) is 0 Å². The lowest BCUT2D eigenvalue weighted by Crippen LogP contribution is -2.59. The lowest BCUT2D eigenvalue weighted by molar-refractivity contribution is -0.219. The molecule has 0 aromatic heterocycles. The Balaban J connectivity index is 2.24. The van der Waals surface area contributed by atoms with Gasteiger partial charge in [0.25, 0.3) is 0 Å².